The van der Waals surface area contributed by atoms with Crippen LogP contribution in [0.15, 0.2) is 12.1 Å². The third-order valence-electron chi connectivity index (χ3n) is 4.39. The topological polar surface area (TPSA) is 50.1 Å². The fourth-order valence-electron chi connectivity index (χ4n) is 3.41. The molecule has 2 aliphatic carbocycles. The Morgan fingerprint density at radius 2 is 1.90 bits per heavy atom. The fourth-order valence-corrected chi connectivity index (χ4v) is 4.17. The van der Waals surface area contributed by atoms with Crippen LogP contribution in [0.4, 0.5) is 11.4 Å². The van der Waals surface area contributed by atoms with Gasteiger partial charge in [0.25, 0.3) is 0 Å². The Kier molecular flexibility index (Phi) is 3.98. The fraction of sp³-hybridized carbons (Fsp3) is 0.500. The molecule has 4 N–H and O–H groups in total. The van der Waals surface area contributed by atoms with Crippen LogP contribution in [0.3, 0.4) is 0 Å². The number of fused-ring (bicyclic) bond motifs is 2. The van der Waals surface area contributed by atoms with E-state index in [1.54, 1.807) is 12.1 Å². The second kappa shape index (κ2) is 5.58. The molecule has 2 aliphatic rings. The Hall–Kier alpha value is -0.710. The van der Waals surface area contributed by atoms with Crippen LogP contribution in [0.1, 0.15) is 25.7 Å². The molecule has 1 aromatic carbocycles. The monoisotopic (exact) mass is 329 g/mol. The van der Waals surface area contributed by atoms with Crippen molar-refractivity contribution in [2.24, 2.45) is 11.8 Å². The first-order valence-corrected chi connectivity index (χ1v) is 8.01. The predicted octanol–water partition coefficient (Wildman–Crippen LogP) is 4.05. The molecule has 1 aromatic rings. The van der Waals surface area contributed by atoms with Gasteiger partial charge in [0.2, 0.25) is 0 Å². The van der Waals surface area contributed by atoms with Crippen LogP contribution in [0.5, 0.6) is 0 Å². The summed E-state index contributed by atoms with van der Waals surface area (Å²) in [5.74, 6) is 1.67. The summed E-state index contributed by atoms with van der Waals surface area (Å²) in [5.41, 5.74) is 6.87. The lowest BCUT2D eigenvalue weighted by Gasteiger charge is -2.24. The summed E-state index contributed by atoms with van der Waals surface area (Å²) in [7, 11) is 0. The van der Waals surface area contributed by atoms with Crippen LogP contribution in [0, 0.1) is 11.8 Å². The van der Waals surface area contributed by atoms with Crippen molar-refractivity contribution in [2.45, 2.75) is 31.7 Å². The number of halogens is 2. The average molecular weight is 330 g/mol. The predicted molar refractivity (Wildman–Crippen MR) is 89.5 cm³/mol. The van der Waals surface area contributed by atoms with Crippen LogP contribution >= 0.6 is 35.4 Å². The van der Waals surface area contributed by atoms with Gasteiger partial charge in [-0.2, -0.15) is 0 Å². The van der Waals surface area contributed by atoms with E-state index in [0.717, 1.165) is 17.5 Å². The van der Waals surface area contributed by atoms with E-state index in [1.807, 2.05) is 0 Å². The highest BCUT2D eigenvalue weighted by molar-refractivity contribution is 7.80. The normalized spacial score (nSPS) is 27.6. The van der Waals surface area contributed by atoms with Gasteiger partial charge in [0.15, 0.2) is 5.11 Å². The number of hydrogen-bond acceptors (Lipinski definition) is 2. The Labute approximate surface area is 134 Å². The van der Waals surface area contributed by atoms with Crippen molar-refractivity contribution < 1.29 is 0 Å². The number of nitrogen functional groups attached to an aromatic ring is 1. The molecule has 20 heavy (non-hydrogen) atoms. The van der Waals surface area contributed by atoms with Gasteiger partial charge < -0.3 is 16.4 Å². The largest absolute Gasteiger partial charge is 0.396 e. The molecule has 0 unspecified atom stereocenters. The van der Waals surface area contributed by atoms with E-state index in [9.17, 15) is 0 Å². The van der Waals surface area contributed by atoms with Crippen molar-refractivity contribution >= 4 is 51.9 Å². The van der Waals surface area contributed by atoms with Gasteiger partial charge in [0.1, 0.15) is 0 Å². The van der Waals surface area contributed by atoms with Crippen LogP contribution in [-0.2, 0) is 0 Å². The number of hydrogen-bond donors (Lipinski definition) is 3. The SMILES string of the molecule is Nc1c(Cl)cc(NC(=S)N[C@H]2C[C@H]3CC[C@@H]2C3)cc1Cl. The molecule has 2 saturated carbocycles. The van der Waals surface area contributed by atoms with Crippen LogP contribution in [0.25, 0.3) is 0 Å². The van der Waals surface area contributed by atoms with E-state index in [1.165, 1.54) is 25.7 Å². The van der Waals surface area contributed by atoms with Crippen molar-refractivity contribution in [3.05, 3.63) is 22.2 Å². The molecule has 0 spiro atoms. The molecule has 3 nitrogen and oxygen atoms in total. The Balaban J connectivity index is 1.62. The molecule has 0 heterocycles. The average Bonchev–Trinajstić information content (AvgIpc) is 2.97. The third kappa shape index (κ3) is 2.83. The Bertz CT molecular complexity index is 526. The van der Waals surface area contributed by atoms with Gasteiger partial charge in [-0.1, -0.05) is 29.6 Å². The minimum Gasteiger partial charge on any atom is -0.396 e. The molecule has 0 aromatic heterocycles. The molecule has 3 rings (SSSR count). The van der Waals surface area contributed by atoms with Crippen LogP contribution < -0.4 is 16.4 Å². The van der Waals surface area contributed by atoms with Gasteiger partial charge in [-0.05, 0) is 55.4 Å². The minimum absolute atomic E-state index is 0.394. The van der Waals surface area contributed by atoms with Gasteiger partial charge >= 0.3 is 0 Å². The maximum Gasteiger partial charge on any atom is 0.171 e. The first kappa shape index (κ1) is 14.2. The number of nitrogens with two attached hydrogens (primary N) is 1. The molecule has 0 saturated heterocycles. The van der Waals surface area contributed by atoms with Crippen LogP contribution in [-0.4, -0.2) is 11.2 Å². The second-order valence-electron chi connectivity index (χ2n) is 5.73. The minimum atomic E-state index is 0.394. The van der Waals surface area contributed by atoms with Crippen molar-refractivity contribution in [1.82, 2.24) is 5.32 Å². The molecular formula is C14H17Cl2N3S. The van der Waals surface area contributed by atoms with Crippen molar-refractivity contribution in [3.8, 4) is 0 Å². The van der Waals surface area contributed by atoms with E-state index in [4.69, 9.17) is 41.2 Å². The van der Waals surface area contributed by atoms with E-state index in [2.05, 4.69) is 10.6 Å². The number of nitrogens with one attached hydrogen (secondary N) is 2. The lowest BCUT2D eigenvalue weighted by Crippen LogP contribution is -2.40. The van der Waals surface area contributed by atoms with Crippen LogP contribution in [0.2, 0.25) is 10.0 Å². The highest BCUT2D eigenvalue weighted by Crippen LogP contribution is 2.44. The molecule has 2 fully saturated rings. The maximum atomic E-state index is 6.01. The zero-order valence-corrected chi connectivity index (χ0v) is 13.3. The lowest BCUT2D eigenvalue weighted by molar-refractivity contribution is 0.392. The molecule has 0 aliphatic heterocycles. The van der Waals surface area contributed by atoms with Gasteiger partial charge in [0.05, 0.1) is 15.7 Å². The quantitative estimate of drug-likeness (QED) is 0.566. The standard InChI is InChI=1S/C14H17Cl2N3S/c15-10-5-9(6-11(16)13(10)17)18-14(20)19-12-4-7-1-2-8(12)3-7/h5-8,12H,1-4,17H2,(H2,18,19,20)/t7-,8+,12-/m0/s1. The summed E-state index contributed by atoms with van der Waals surface area (Å²) in [5, 5.41) is 8.04. The molecule has 0 amide bonds. The smallest absolute Gasteiger partial charge is 0.171 e. The highest BCUT2D eigenvalue weighted by Gasteiger charge is 2.39. The first-order chi connectivity index (χ1) is 9.52. The molecule has 3 atom stereocenters. The van der Waals surface area contributed by atoms with Crippen molar-refractivity contribution in [1.29, 1.82) is 0 Å². The van der Waals surface area contributed by atoms with Crippen molar-refractivity contribution in [2.75, 3.05) is 11.1 Å². The Morgan fingerprint density at radius 3 is 2.45 bits per heavy atom. The van der Waals surface area contributed by atoms with Gasteiger partial charge in [-0.3, -0.25) is 0 Å². The summed E-state index contributed by atoms with van der Waals surface area (Å²) in [6.45, 7) is 0. The summed E-state index contributed by atoms with van der Waals surface area (Å²) in [6.07, 6.45) is 5.28. The zero-order valence-electron chi connectivity index (χ0n) is 11.0. The Morgan fingerprint density at radius 1 is 1.20 bits per heavy atom. The molecule has 6 heteroatoms. The zero-order chi connectivity index (χ0) is 14.3. The number of anilines is 2. The van der Waals surface area contributed by atoms with E-state index < -0.39 is 0 Å². The summed E-state index contributed by atoms with van der Waals surface area (Å²) in [4.78, 5) is 0. The second-order valence-corrected chi connectivity index (χ2v) is 6.96. The number of benzene rings is 1. The van der Waals surface area contributed by atoms with Gasteiger partial charge in [-0.25, -0.2) is 0 Å². The highest BCUT2D eigenvalue weighted by atomic mass is 35.5. The number of thiocarbonyl (C=S) groups is 1. The van der Waals surface area contributed by atoms with Gasteiger partial charge in [-0.15, -0.1) is 0 Å². The summed E-state index contributed by atoms with van der Waals surface area (Å²) < 4.78 is 0. The third-order valence-corrected chi connectivity index (χ3v) is 5.24. The van der Waals surface area contributed by atoms with E-state index in [-0.39, 0.29) is 0 Å². The summed E-state index contributed by atoms with van der Waals surface area (Å²) >= 11 is 17.4. The maximum absolute atomic E-state index is 6.01. The van der Waals surface area contributed by atoms with E-state index in [0.29, 0.717) is 26.9 Å². The molecule has 2 bridgehead atoms. The molecule has 0 radical (unpaired) electrons. The van der Waals surface area contributed by atoms with Gasteiger partial charge in [0, 0.05) is 11.7 Å². The van der Waals surface area contributed by atoms with Crippen molar-refractivity contribution in [3.63, 3.8) is 0 Å². The molecular weight excluding hydrogens is 313 g/mol. The number of rotatable bonds is 2. The first-order valence-electron chi connectivity index (χ1n) is 6.85. The lowest BCUT2D eigenvalue weighted by atomic mass is 9.96. The summed E-state index contributed by atoms with van der Waals surface area (Å²) in [6, 6.07) is 3.98. The molecule has 108 valence electrons. The van der Waals surface area contributed by atoms with E-state index >= 15 is 0 Å².